The molecule has 2 fully saturated rings. The summed E-state index contributed by atoms with van der Waals surface area (Å²) in [6.07, 6.45) is 9.05. The zero-order valence-corrected chi connectivity index (χ0v) is 17.5. The summed E-state index contributed by atoms with van der Waals surface area (Å²) < 4.78 is 7.49. The van der Waals surface area contributed by atoms with Gasteiger partial charge >= 0.3 is 0 Å². The summed E-state index contributed by atoms with van der Waals surface area (Å²) >= 11 is 0. The minimum Gasteiger partial charge on any atom is -0.378 e. The van der Waals surface area contributed by atoms with Crippen LogP contribution in [0.25, 0.3) is 5.52 Å². The van der Waals surface area contributed by atoms with Crippen LogP contribution >= 0.6 is 0 Å². The topological polar surface area (TPSA) is 75.0 Å². The molecule has 0 radical (unpaired) electrons. The number of hydrogen-bond acceptors (Lipinski definition) is 6. The van der Waals surface area contributed by atoms with Gasteiger partial charge in [0.15, 0.2) is 5.82 Å². The lowest BCUT2D eigenvalue weighted by Crippen LogP contribution is -2.41. The molecule has 0 saturated carbocycles. The number of nitrogens with zero attached hydrogens (tertiary/aromatic N) is 5. The fourth-order valence-corrected chi connectivity index (χ4v) is 4.77. The Morgan fingerprint density at radius 2 is 2.10 bits per heavy atom. The van der Waals surface area contributed by atoms with Crippen LogP contribution in [-0.2, 0) is 9.53 Å². The number of carbonyl (C=O) groups excluding carboxylic acids is 1. The van der Waals surface area contributed by atoms with Crippen LogP contribution in [0, 0.1) is 5.92 Å². The van der Waals surface area contributed by atoms with Crippen LogP contribution in [0.2, 0.25) is 0 Å². The lowest BCUT2D eigenvalue weighted by atomic mass is 9.88. The molecule has 1 amide bonds. The number of fused-ring (bicyclic) bond motifs is 3. The summed E-state index contributed by atoms with van der Waals surface area (Å²) in [5.74, 6) is 1.59. The molecule has 2 unspecified atom stereocenters. The third-order valence-corrected chi connectivity index (χ3v) is 6.53. The van der Waals surface area contributed by atoms with Crippen LogP contribution in [0.3, 0.4) is 0 Å². The van der Waals surface area contributed by atoms with Gasteiger partial charge in [-0.05, 0) is 50.8 Å². The zero-order chi connectivity index (χ0) is 20.2. The maximum atomic E-state index is 12.6. The van der Waals surface area contributed by atoms with E-state index in [0.29, 0.717) is 50.7 Å². The second-order valence-electron chi connectivity index (χ2n) is 8.39. The quantitative estimate of drug-likeness (QED) is 0.648. The Kier molecular flexibility index (Phi) is 6.30. The van der Waals surface area contributed by atoms with Crippen LogP contribution in [-0.4, -0.2) is 82.8 Å². The minimum absolute atomic E-state index is 0.247. The van der Waals surface area contributed by atoms with E-state index < -0.39 is 0 Å². The first-order valence-electron chi connectivity index (χ1n) is 10.7. The van der Waals surface area contributed by atoms with Crippen molar-refractivity contribution in [1.82, 2.24) is 24.4 Å². The van der Waals surface area contributed by atoms with E-state index in [9.17, 15) is 4.79 Å². The van der Waals surface area contributed by atoms with Crippen molar-refractivity contribution in [2.75, 3.05) is 45.7 Å². The molecule has 4 heterocycles. The number of amides is 1. The maximum absolute atomic E-state index is 12.6. The molecule has 2 atom stereocenters. The van der Waals surface area contributed by atoms with Gasteiger partial charge in [-0.25, -0.2) is 9.50 Å². The number of nitrogens with one attached hydrogen (secondary N) is 1. The van der Waals surface area contributed by atoms with E-state index in [1.54, 1.807) is 4.52 Å². The van der Waals surface area contributed by atoms with Gasteiger partial charge in [-0.2, -0.15) is 5.10 Å². The molecule has 0 aromatic carbocycles. The smallest absolute Gasteiger partial charge is 0.222 e. The molecule has 2 aromatic heterocycles. The largest absolute Gasteiger partial charge is 0.378 e. The predicted octanol–water partition coefficient (Wildman–Crippen LogP) is 1.88. The monoisotopic (exact) mass is 400 g/mol. The standard InChI is InChI=1S/C21H32N6O2/c1-25(20(28)14-16-12-17-5-6-18(13-16)26(17)2)9-11-29-10-7-22-21-19-4-3-8-27(19)24-15-23-21/h3-4,8,15-18H,5-7,9-14H2,1-2H3,(H,22,23,24). The van der Waals surface area contributed by atoms with Crippen LogP contribution in [0.4, 0.5) is 5.82 Å². The molecule has 0 spiro atoms. The first-order valence-corrected chi connectivity index (χ1v) is 10.7. The number of rotatable bonds is 9. The van der Waals surface area contributed by atoms with E-state index in [-0.39, 0.29) is 5.91 Å². The van der Waals surface area contributed by atoms with E-state index in [1.807, 2.05) is 30.3 Å². The molecule has 0 aliphatic carbocycles. The Balaban J connectivity index is 1.11. The van der Waals surface area contributed by atoms with Crippen molar-refractivity contribution in [1.29, 1.82) is 0 Å². The molecule has 8 nitrogen and oxygen atoms in total. The second kappa shape index (κ2) is 9.09. The fourth-order valence-electron chi connectivity index (χ4n) is 4.77. The van der Waals surface area contributed by atoms with Gasteiger partial charge in [-0.3, -0.25) is 4.79 Å². The zero-order valence-electron chi connectivity index (χ0n) is 17.5. The third-order valence-electron chi connectivity index (χ3n) is 6.53. The summed E-state index contributed by atoms with van der Waals surface area (Å²) in [5, 5.41) is 7.42. The van der Waals surface area contributed by atoms with Gasteiger partial charge in [-0.1, -0.05) is 0 Å². The SMILES string of the molecule is CN(CCOCCNc1ncnn2cccc12)C(=O)CC1CC2CCC(C1)N2C. The van der Waals surface area contributed by atoms with Crippen molar-refractivity contribution in [3.8, 4) is 0 Å². The van der Waals surface area contributed by atoms with E-state index >= 15 is 0 Å². The Bertz CT molecular complexity index is 810. The average molecular weight is 401 g/mol. The Labute approximate surface area is 172 Å². The van der Waals surface area contributed by atoms with Crippen molar-refractivity contribution >= 4 is 17.2 Å². The van der Waals surface area contributed by atoms with Gasteiger partial charge in [-0.15, -0.1) is 0 Å². The van der Waals surface area contributed by atoms with Crippen molar-refractivity contribution < 1.29 is 9.53 Å². The number of likely N-dealkylation sites (N-methyl/N-ethyl adjacent to an activating group) is 1. The normalized spacial score (nSPS) is 24.1. The molecule has 29 heavy (non-hydrogen) atoms. The van der Waals surface area contributed by atoms with Gasteiger partial charge in [0.05, 0.1) is 13.2 Å². The molecule has 8 heteroatoms. The molecule has 2 aromatic rings. The van der Waals surface area contributed by atoms with Crippen molar-refractivity contribution in [3.63, 3.8) is 0 Å². The first-order chi connectivity index (χ1) is 14.1. The minimum atomic E-state index is 0.247. The first kappa shape index (κ1) is 20.1. The highest BCUT2D eigenvalue weighted by Crippen LogP contribution is 2.38. The fraction of sp³-hybridized carbons (Fsp3) is 0.667. The van der Waals surface area contributed by atoms with Gasteiger partial charge in [0.2, 0.25) is 5.91 Å². The van der Waals surface area contributed by atoms with Crippen LogP contribution < -0.4 is 5.32 Å². The number of piperidine rings is 1. The van der Waals surface area contributed by atoms with E-state index in [1.165, 1.54) is 32.0 Å². The number of ether oxygens (including phenoxy) is 1. The summed E-state index contributed by atoms with van der Waals surface area (Å²) in [5.41, 5.74) is 0.945. The van der Waals surface area contributed by atoms with Crippen molar-refractivity contribution in [2.24, 2.45) is 5.92 Å². The van der Waals surface area contributed by atoms with Crippen molar-refractivity contribution in [2.45, 2.75) is 44.2 Å². The molecule has 1 N–H and O–H groups in total. The number of carbonyl (C=O) groups is 1. The molecular weight excluding hydrogens is 368 g/mol. The Morgan fingerprint density at radius 3 is 2.90 bits per heavy atom. The molecule has 2 aliphatic heterocycles. The summed E-state index contributed by atoms with van der Waals surface area (Å²) in [4.78, 5) is 21.2. The second-order valence-corrected chi connectivity index (χ2v) is 8.39. The van der Waals surface area contributed by atoms with Gasteiger partial charge in [0, 0.05) is 44.8 Å². The van der Waals surface area contributed by atoms with Gasteiger partial charge in [0.25, 0.3) is 0 Å². The lowest BCUT2D eigenvalue weighted by molar-refractivity contribution is -0.132. The van der Waals surface area contributed by atoms with Gasteiger partial charge < -0.3 is 19.9 Å². The summed E-state index contributed by atoms with van der Waals surface area (Å²) in [6.45, 7) is 2.41. The molecule has 158 valence electrons. The predicted molar refractivity (Wildman–Crippen MR) is 112 cm³/mol. The molecule has 2 bridgehead atoms. The molecule has 2 saturated heterocycles. The third kappa shape index (κ3) is 4.70. The number of anilines is 1. The van der Waals surface area contributed by atoms with Crippen LogP contribution in [0.5, 0.6) is 0 Å². The number of hydrogen-bond donors (Lipinski definition) is 1. The number of aromatic nitrogens is 3. The average Bonchev–Trinajstić information content (AvgIpc) is 3.26. The Morgan fingerprint density at radius 1 is 1.31 bits per heavy atom. The highest BCUT2D eigenvalue weighted by molar-refractivity contribution is 5.76. The van der Waals surface area contributed by atoms with Crippen LogP contribution in [0.1, 0.15) is 32.1 Å². The van der Waals surface area contributed by atoms with Crippen molar-refractivity contribution in [3.05, 3.63) is 24.7 Å². The molecule has 2 aliphatic rings. The lowest BCUT2D eigenvalue weighted by Gasteiger charge is -2.36. The van der Waals surface area contributed by atoms with Gasteiger partial charge in [0.1, 0.15) is 11.8 Å². The highest BCUT2D eigenvalue weighted by atomic mass is 16.5. The molecular formula is C21H32N6O2. The Hall–Kier alpha value is -2.19. The van der Waals surface area contributed by atoms with E-state index in [4.69, 9.17) is 4.74 Å². The maximum Gasteiger partial charge on any atom is 0.222 e. The van der Waals surface area contributed by atoms with Crippen LogP contribution in [0.15, 0.2) is 24.7 Å². The highest BCUT2D eigenvalue weighted by Gasteiger charge is 2.39. The van der Waals surface area contributed by atoms with E-state index in [2.05, 4.69) is 27.3 Å². The van der Waals surface area contributed by atoms with E-state index in [0.717, 1.165) is 11.3 Å². The molecule has 4 rings (SSSR count). The summed E-state index contributed by atoms with van der Waals surface area (Å²) in [7, 11) is 4.13. The summed E-state index contributed by atoms with van der Waals surface area (Å²) in [6, 6.07) is 5.29.